The van der Waals surface area contributed by atoms with Crippen molar-refractivity contribution in [1.82, 2.24) is 0 Å². The van der Waals surface area contributed by atoms with Gasteiger partial charge in [-0.15, -0.1) is 0 Å². The van der Waals surface area contributed by atoms with Crippen LogP contribution in [0.15, 0.2) is 24.3 Å². The molecule has 1 aromatic carbocycles. The maximum absolute atomic E-state index is 11.5. The van der Waals surface area contributed by atoms with Gasteiger partial charge in [0, 0.05) is 43.8 Å². The van der Waals surface area contributed by atoms with Gasteiger partial charge in [0.1, 0.15) is 5.75 Å². The maximum Gasteiger partial charge on any atom is 0.330 e. The normalized spacial score (nSPS) is 11.5. The summed E-state index contributed by atoms with van der Waals surface area (Å²) in [6, 6.07) is 3.74. The van der Waals surface area contributed by atoms with Crippen LogP contribution < -0.4 is 4.74 Å². The summed E-state index contributed by atoms with van der Waals surface area (Å²) >= 11 is 0. The topological polar surface area (TPSA) is 93.1 Å². The van der Waals surface area contributed by atoms with E-state index < -0.39 is 19.7 Å². The van der Waals surface area contributed by atoms with Gasteiger partial charge in [0.2, 0.25) is 0 Å². The molecule has 0 atom stereocenters. The summed E-state index contributed by atoms with van der Waals surface area (Å²) in [5.41, 5.74) is 2.40. The molecule has 1 radical (unpaired) electrons. The van der Waals surface area contributed by atoms with Crippen molar-refractivity contribution in [2.24, 2.45) is 0 Å². The Morgan fingerprint density at radius 2 is 1.85 bits per heavy atom. The first-order chi connectivity index (χ1) is 11.8. The van der Waals surface area contributed by atoms with Gasteiger partial charge in [-0.25, -0.2) is 4.79 Å². The molecule has 1 rings (SSSR count). The van der Waals surface area contributed by atoms with Crippen LogP contribution >= 0.6 is 7.60 Å². The number of carbonyl (C=O) groups is 1. The third-order valence-corrected chi connectivity index (χ3v) is 4.37. The maximum atomic E-state index is 11.5. The Morgan fingerprint density at radius 1 is 1.26 bits per heavy atom. The van der Waals surface area contributed by atoms with Crippen LogP contribution in [0.25, 0.3) is 0 Å². The van der Waals surface area contributed by atoms with Crippen LogP contribution in [-0.2, 0) is 58.4 Å². The first-order valence-corrected chi connectivity index (χ1v) is 10.1. The molecule has 0 saturated carbocycles. The molecular formula is C19H28O6PY-. The van der Waals surface area contributed by atoms with E-state index in [0.29, 0.717) is 16.9 Å². The van der Waals surface area contributed by atoms with E-state index in [1.54, 1.807) is 19.4 Å². The number of esters is 1. The van der Waals surface area contributed by atoms with Crippen LogP contribution in [0.3, 0.4) is 0 Å². The molecule has 0 bridgehead atoms. The third-order valence-electron chi connectivity index (χ3n) is 3.62. The van der Waals surface area contributed by atoms with Gasteiger partial charge in [-0.3, -0.25) is 11.0 Å². The van der Waals surface area contributed by atoms with E-state index in [1.807, 2.05) is 33.8 Å². The number of hydrogen-bond acceptors (Lipinski definition) is 4. The first-order valence-electron chi connectivity index (χ1n) is 8.27. The molecule has 0 spiro atoms. The van der Waals surface area contributed by atoms with Gasteiger partial charge in [-0.05, 0) is 43.6 Å². The zero-order chi connectivity index (χ0) is 20.1. The molecule has 1 aromatic rings. The summed E-state index contributed by atoms with van der Waals surface area (Å²) in [5, 5.41) is 0. The Hall–Kier alpha value is -0.516. The SMILES string of the molecule is C=C(C)C(=O)OC[CH-]COc1c(C)cc(C(C)(C)C)cc1CP(=O)(O)O.[Y]. The van der Waals surface area contributed by atoms with Gasteiger partial charge in [0.25, 0.3) is 0 Å². The van der Waals surface area contributed by atoms with Gasteiger partial charge >= 0.3 is 13.6 Å². The molecule has 8 heteroatoms. The largest absolute Gasteiger partial charge is 0.524 e. The summed E-state index contributed by atoms with van der Waals surface area (Å²) < 4.78 is 22.2. The molecule has 6 nitrogen and oxygen atoms in total. The number of rotatable bonds is 8. The molecule has 149 valence electrons. The van der Waals surface area contributed by atoms with Crippen molar-refractivity contribution in [3.63, 3.8) is 0 Å². The van der Waals surface area contributed by atoms with Crippen LogP contribution in [0.2, 0.25) is 0 Å². The number of ether oxygens (including phenoxy) is 2. The van der Waals surface area contributed by atoms with Crippen LogP contribution in [0.1, 0.15) is 44.4 Å². The number of aryl methyl sites for hydroxylation is 1. The molecule has 0 unspecified atom stereocenters. The molecule has 0 aliphatic carbocycles. The first kappa shape index (κ1) is 26.5. The molecular weight excluding hydrogens is 444 g/mol. The van der Waals surface area contributed by atoms with Gasteiger partial charge < -0.3 is 19.3 Å². The summed E-state index contributed by atoms with van der Waals surface area (Å²) in [6.45, 7) is 13.2. The fourth-order valence-corrected chi connectivity index (χ4v) is 2.95. The number of carbonyl (C=O) groups excluding carboxylic acids is 1. The quantitative estimate of drug-likeness (QED) is 0.197. The van der Waals surface area contributed by atoms with Crippen LogP contribution in [-0.4, -0.2) is 29.0 Å². The molecule has 27 heavy (non-hydrogen) atoms. The number of hydrogen-bond donors (Lipinski definition) is 2. The van der Waals surface area contributed by atoms with E-state index in [1.165, 1.54) is 0 Å². The van der Waals surface area contributed by atoms with Crippen molar-refractivity contribution in [2.45, 2.75) is 46.2 Å². The zero-order valence-corrected chi connectivity index (χ0v) is 20.3. The van der Waals surface area contributed by atoms with Crippen LogP contribution in [0.5, 0.6) is 5.75 Å². The van der Waals surface area contributed by atoms with Crippen molar-refractivity contribution in [2.75, 3.05) is 13.2 Å². The second-order valence-corrected chi connectivity index (χ2v) is 8.98. The van der Waals surface area contributed by atoms with E-state index in [9.17, 15) is 19.1 Å². The molecule has 0 fully saturated rings. The fourth-order valence-electron chi connectivity index (χ4n) is 2.27. The second-order valence-electron chi connectivity index (χ2n) is 7.33. The van der Waals surface area contributed by atoms with Crippen molar-refractivity contribution in [1.29, 1.82) is 0 Å². The Bertz CT molecular complexity index is 718. The van der Waals surface area contributed by atoms with E-state index in [-0.39, 0.29) is 51.3 Å². The van der Waals surface area contributed by atoms with Crippen molar-refractivity contribution < 1.29 is 61.3 Å². The van der Waals surface area contributed by atoms with E-state index >= 15 is 0 Å². The molecule has 0 aliphatic heterocycles. The third kappa shape index (κ3) is 9.49. The summed E-state index contributed by atoms with van der Waals surface area (Å²) in [7, 11) is -4.24. The predicted octanol–water partition coefficient (Wildman–Crippen LogP) is 3.67. The number of benzene rings is 1. The van der Waals surface area contributed by atoms with Gasteiger partial charge in [-0.1, -0.05) is 39.5 Å². The Morgan fingerprint density at radius 3 is 2.33 bits per heavy atom. The summed E-state index contributed by atoms with van der Waals surface area (Å²) in [4.78, 5) is 30.1. The minimum atomic E-state index is -4.24. The molecule has 0 amide bonds. The molecule has 0 saturated heterocycles. The summed E-state index contributed by atoms with van der Waals surface area (Å²) in [6.07, 6.45) is 1.23. The molecule has 0 aromatic heterocycles. The summed E-state index contributed by atoms with van der Waals surface area (Å²) in [5.74, 6) is -0.0297. The molecule has 0 heterocycles. The second kappa shape index (κ2) is 10.9. The standard InChI is InChI=1S/C19H28O6P.Y/c1-13(2)18(20)25-9-7-8-24-17-14(3)10-16(19(4,5)6)11-15(17)12-26(21,22)23;/h7,10-11H,1,8-9,12H2,2-6H3,(H2,21,22,23);/q-1;. The Kier molecular flexibility index (Phi) is 10.7. The Labute approximate surface area is 186 Å². The minimum Gasteiger partial charge on any atom is -0.524 e. The predicted molar refractivity (Wildman–Crippen MR) is 101 cm³/mol. The van der Waals surface area contributed by atoms with E-state index in [4.69, 9.17) is 9.47 Å². The fraction of sp³-hybridized carbons (Fsp3) is 0.474. The van der Waals surface area contributed by atoms with E-state index in [2.05, 4.69) is 6.58 Å². The van der Waals surface area contributed by atoms with Gasteiger partial charge in [-0.2, -0.15) is 0 Å². The average Bonchev–Trinajstić information content (AvgIpc) is 2.45. The van der Waals surface area contributed by atoms with E-state index in [0.717, 1.165) is 11.1 Å². The van der Waals surface area contributed by atoms with Crippen molar-refractivity contribution in [3.05, 3.63) is 47.4 Å². The van der Waals surface area contributed by atoms with Crippen molar-refractivity contribution in [3.8, 4) is 5.75 Å². The van der Waals surface area contributed by atoms with Gasteiger partial charge in [0.15, 0.2) is 0 Å². The van der Waals surface area contributed by atoms with Crippen LogP contribution in [0.4, 0.5) is 0 Å². The zero-order valence-electron chi connectivity index (χ0n) is 16.6. The monoisotopic (exact) mass is 472 g/mol. The smallest absolute Gasteiger partial charge is 0.330 e. The van der Waals surface area contributed by atoms with Crippen LogP contribution in [0, 0.1) is 13.3 Å². The minimum absolute atomic E-state index is 0. The molecule has 0 aliphatic rings. The Balaban J connectivity index is 0.00000676. The van der Waals surface area contributed by atoms with Gasteiger partial charge in [0.05, 0.1) is 6.16 Å². The molecule has 2 N–H and O–H groups in total. The average molecular weight is 472 g/mol. The van der Waals surface area contributed by atoms with Crippen molar-refractivity contribution >= 4 is 13.6 Å².